The average Bonchev–Trinajstić information content (AvgIpc) is 2.88. The van der Waals surface area contributed by atoms with Gasteiger partial charge in [0, 0.05) is 18.6 Å². The molecule has 0 amide bonds. The summed E-state index contributed by atoms with van der Waals surface area (Å²) in [6.07, 6.45) is 3.80. The normalized spacial score (nSPS) is 28.2. The fraction of sp³-hybridized carbons (Fsp3) is 0.583. The van der Waals surface area contributed by atoms with Crippen LogP contribution < -0.4 is 16.8 Å². The molecule has 3 heterocycles. The van der Waals surface area contributed by atoms with E-state index in [1.807, 2.05) is 12.1 Å². The molecule has 0 saturated carbocycles. The number of nitrogens with one attached hydrogen (secondary N) is 1. The fourth-order valence-corrected chi connectivity index (χ4v) is 3.01. The number of anilines is 3. The molecule has 1 aromatic rings. The standard InChI is InChI=1S/C12H19N5/c13-8-3-4-11(16-12(8)14)15-9-5-7-17-6-1-2-10(9)17/h3-4,9-10H,1-2,5-7,13H2,(H3,14,15,16). The first kappa shape index (κ1) is 10.7. The van der Waals surface area contributed by atoms with Crippen LogP contribution in [0.1, 0.15) is 19.3 Å². The summed E-state index contributed by atoms with van der Waals surface area (Å²) < 4.78 is 0. The predicted molar refractivity (Wildman–Crippen MR) is 69.7 cm³/mol. The van der Waals surface area contributed by atoms with Gasteiger partial charge in [0.05, 0.1) is 5.69 Å². The second-order valence-electron chi connectivity index (χ2n) is 4.96. The number of rotatable bonds is 2. The van der Waals surface area contributed by atoms with Crippen molar-refractivity contribution in [2.75, 3.05) is 29.9 Å². The van der Waals surface area contributed by atoms with Gasteiger partial charge >= 0.3 is 0 Å². The van der Waals surface area contributed by atoms with Crippen molar-refractivity contribution in [3.05, 3.63) is 12.1 Å². The zero-order valence-electron chi connectivity index (χ0n) is 9.89. The number of hydrogen-bond donors (Lipinski definition) is 3. The van der Waals surface area contributed by atoms with Crippen LogP contribution in [0.5, 0.6) is 0 Å². The number of aromatic nitrogens is 1. The maximum Gasteiger partial charge on any atom is 0.149 e. The number of pyridine rings is 1. The highest BCUT2D eigenvalue weighted by Gasteiger charge is 2.37. The number of nitrogen functional groups attached to an aromatic ring is 2. The van der Waals surface area contributed by atoms with Gasteiger partial charge in [0.2, 0.25) is 0 Å². The van der Waals surface area contributed by atoms with E-state index in [4.69, 9.17) is 11.5 Å². The summed E-state index contributed by atoms with van der Waals surface area (Å²) in [7, 11) is 0. The maximum atomic E-state index is 5.72. The van der Waals surface area contributed by atoms with Crippen molar-refractivity contribution in [1.29, 1.82) is 0 Å². The lowest BCUT2D eigenvalue weighted by Crippen LogP contribution is -2.34. The van der Waals surface area contributed by atoms with Crippen LogP contribution in [0.4, 0.5) is 17.3 Å². The molecule has 0 radical (unpaired) electrons. The van der Waals surface area contributed by atoms with E-state index in [9.17, 15) is 0 Å². The first-order valence-electron chi connectivity index (χ1n) is 6.26. The van der Waals surface area contributed by atoms with Crippen molar-refractivity contribution in [2.45, 2.75) is 31.3 Å². The summed E-state index contributed by atoms with van der Waals surface area (Å²) >= 11 is 0. The third-order valence-corrected chi connectivity index (χ3v) is 3.90. The summed E-state index contributed by atoms with van der Waals surface area (Å²) in [5, 5.41) is 3.49. The first-order valence-corrected chi connectivity index (χ1v) is 6.26. The minimum Gasteiger partial charge on any atom is -0.396 e. The molecule has 17 heavy (non-hydrogen) atoms. The molecule has 5 N–H and O–H groups in total. The van der Waals surface area contributed by atoms with E-state index < -0.39 is 0 Å². The zero-order valence-corrected chi connectivity index (χ0v) is 9.89. The summed E-state index contributed by atoms with van der Waals surface area (Å²) in [4.78, 5) is 6.84. The minimum absolute atomic E-state index is 0.413. The van der Waals surface area contributed by atoms with Gasteiger partial charge in [-0.1, -0.05) is 0 Å². The molecule has 0 aromatic carbocycles. The first-order chi connectivity index (χ1) is 8.24. The van der Waals surface area contributed by atoms with Crippen molar-refractivity contribution in [1.82, 2.24) is 9.88 Å². The van der Waals surface area contributed by atoms with Gasteiger partial charge in [-0.2, -0.15) is 0 Å². The highest BCUT2D eigenvalue weighted by molar-refractivity contribution is 5.61. The summed E-state index contributed by atoms with van der Waals surface area (Å²) in [6, 6.07) is 4.90. The molecular weight excluding hydrogens is 214 g/mol. The third kappa shape index (κ3) is 1.91. The molecule has 0 bridgehead atoms. The summed E-state index contributed by atoms with van der Waals surface area (Å²) in [5.74, 6) is 1.26. The van der Waals surface area contributed by atoms with Crippen LogP contribution in [0.3, 0.4) is 0 Å². The number of fused-ring (bicyclic) bond motifs is 1. The van der Waals surface area contributed by atoms with E-state index in [2.05, 4.69) is 15.2 Å². The Labute approximate surface area is 101 Å². The van der Waals surface area contributed by atoms with E-state index in [0.717, 1.165) is 5.82 Å². The van der Waals surface area contributed by atoms with Crippen LogP contribution in [0, 0.1) is 0 Å². The molecule has 5 heteroatoms. The highest BCUT2D eigenvalue weighted by Crippen LogP contribution is 2.30. The Kier molecular flexibility index (Phi) is 2.55. The Bertz CT molecular complexity index is 419. The second kappa shape index (κ2) is 4.07. The Hall–Kier alpha value is -1.49. The Balaban J connectivity index is 1.72. The van der Waals surface area contributed by atoms with Gasteiger partial charge in [-0.15, -0.1) is 0 Å². The lowest BCUT2D eigenvalue weighted by Gasteiger charge is -2.21. The lowest BCUT2D eigenvalue weighted by molar-refractivity contribution is 0.318. The molecule has 2 aliphatic rings. The van der Waals surface area contributed by atoms with Crippen LogP contribution in [-0.2, 0) is 0 Å². The van der Waals surface area contributed by atoms with E-state index in [0.29, 0.717) is 23.6 Å². The lowest BCUT2D eigenvalue weighted by atomic mass is 10.1. The molecule has 1 aromatic heterocycles. The van der Waals surface area contributed by atoms with Crippen molar-refractivity contribution < 1.29 is 0 Å². The molecule has 92 valence electrons. The van der Waals surface area contributed by atoms with Crippen LogP contribution in [-0.4, -0.2) is 35.1 Å². The van der Waals surface area contributed by atoms with Crippen LogP contribution in [0.15, 0.2) is 12.1 Å². The third-order valence-electron chi connectivity index (χ3n) is 3.90. The molecule has 5 nitrogen and oxygen atoms in total. The molecule has 2 fully saturated rings. The SMILES string of the molecule is Nc1ccc(NC2CCN3CCCC23)nc1N. The quantitative estimate of drug-likeness (QED) is 0.707. The summed E-state index contributed by atoms with van der Waals surface area (Å²) in [5.41, 5.74) is 11.9. The van der Waals surface area contributed by atoms with E-state index in [-0.39, 0.29) is 0 Å². The van der Waals surface area contributed by atoms with Gasteiger partial charge < -0.3 is 16.8 Å². The molecule has 2 saturated heterocycles. The van der Waals surface area contributed by atoms with Gasteiger partial charge in [-0.25, -0.2) is 4.98 Å². The van der Waals surface area contributed by atoms with Crippen LogP contribution in [0.2, 0.25) is 0 Å². The molecule has 2 unspecified atom stereocenters. The fourth-order valence-electron chi connectivity index (χ4n) is 3.01. The van der Waals surface area contributed by atoms with E-state index in [1.54, 1.807) is 0 Å². The Morgan fingerprint density at radius 2 is 2.12 bits per heavy atom. The van der Waals surface area contributed by atoms with Crippen molar-refractivity contribution in [3.63, 3.8) is 0 Å². The summed E-state index contributed by atoms with van der Waals surface area (Å²) in [6.45, 7) is 2.45. The number of hydrogen-bond acceptors (Lipinski definition) is 5. The highest BCUT2D eigenvalue weighted by atomic mass is 15.2. The average molecular weight is 233 g/mol. The molecule has 0 spiro atoms. The molecule has 2 aliphatic heterocycles. The Morgan fingerprint density at radius 1 is 1.24 bits per heavy atom. The van der Waals surface area contributed by atoms with Crippen LogP contribution in [0.25, 0.3) is 0 Å². The zero-order chi connectivity index (χ0) is 11.8. The van der Waals surface area contributed by atoms with Gasteiger partial charge in [0.1, 0.15) is 11.6 Å². The predicted octanol–water partition coefficient (Wildman–Crippen LogP) is 0.895. The monoisotopic (exact) mass is 233 g/mol. The second-order valence-corrected chi connectivity index (χ2v) is 4.96. The van der Waals surface area contributed by atoms with Gasteiger partial charge in [0.15, 0.2) is 0 Å². The molecular formula is C12H19N5. The largest absolute Gasteiger partial charge is 0.396 e. The minimum atomic E-state index is 0.413. The van der Waals surface area contributed by atoms with Gasteiger partial charge in [-0.3, -0.25) is 4.90 Å². The van der Waals surface area contributed by atoms with Gasteiger partial charge in [0.25, 0.3) is 0 Å². The van der Waals surface area contributed by atoms with Gasteiger partial charge in [-0.05, 0) is 37.9 Å². The van der Waals surface area contributed by atoms with Crippen molar-refractivity contribution >= 4 is 17.3 Å². The molecule has 0 aliphatic carbocycles. The van der Waals surface area contributed by atoms with E-state index >= 15 is 0 Å². The van der Waals surface area contributed by atoms with Crippen LogP contribution >= 0.6 is 0 Å². The van der Waals surface area contributed by atoms with Crippen molar-refractivity contribution in [2.24, 2.45) is 0 Å². The van der Waals surface area contributed by atoms with Crippen molar-refractivity contribution in [3.8, 4) is 0 Å². The topological polar surface area (TPSA) is 80.2 Å². The molecule has 3 rings (SSSR count). The smallest absolute Gasteiger partial charge is 0.149 e. The Morgan fingerprint density at radius 3 is 2.94 bits per heavy atom. The number of nitrogens with two attached hydrogens (primary N) is 2. The van der Waals surface area contributed by atoms with E-state index in [1.165, 1.54) is 32.4 Å². The maximum absolute atomic E-state index is 5.72. The molecule has 2 atom stereocenters. The number of nitrogens with zero attached hydrogens (tertiary/aromatic N) is 2.